The molecule has 3 N–H and O–H groups in total. The van der Waals surface area contributed by atoms with Crippen LogP contribution >= 0.6 is 11.3 Å². The first-order valence-corrected chi connectivity index (χ1v) is 9.11. The number of carbonyl (C=O) groups is 1. The molecule has 4 aromatic rings. The number of carbonyl (C=O) groups excluding carboxylic acids is 1. The molecule has 0 aliphatic carbocycles. The van der Waals surface area contributed by atoms with E-state index < -0.39 is 5.91 Å². The normalized spacial score (nSPS) is 11.1. The fraction of sp³-hybridized carbons (Fsp3) is 0.0588. The Morgan fingerprint density at radius 1 is 1.31 bits per heavy atom. The van der Waals surface area contributed by atoms with E-state index in [0.29, 0.717) is 17.0 Å². The topological polar surface area (TPSA) is 146 Å². The zero-order chi connectivity index (χ0) is 20.2. The van der Waals surface area contributed by atoms with Crippen LogP contribution in [0.2, 0.25) is 0 Å². The first kappa shape index (κ1) is 18.3. The monoisotopic (exact) mass is 410 g/mol. The number of hydrogen-bond donors (Lipinski definition) is 2. The van der Waals surface area contributed by atoms with E-state index in [2.05, 4.69) is 35.8 Å². The molecule has 146 valence electrons. The van der Waals surface area contributed by atoms with Gasteiger partial charge in [0.25, 0.3) is 5.91 Å². The van der Waals surface area contributed by atoms with Crippen LogP contribution in [0.3, 0.4) is 0 Å². The number of nitrogens with zero attached hydrogens (tertiary/aromatic N) is 6. The Morgan fingerprint density at radius 2 is 2.17 bits per heavy atom. The summed E-state index contributed by atoms with van der Waals surface area (Å²) in [6, 6.07) is 10.9. The summed E-state index contributed by atoms with van der Waals surface area (Å²) >= 11 is 1.40. The van der Waals surface area contributed by atoms with E-state index >= 15 is 0 Å². The standard InChI is InChI=1S/C17H14N8O3S/c1-27-11-6-3-2-5-10(11)9-19-21-17(26)13-14(12-7-4-8-29-12)25(24-20-13)16-15(18)22-28-23-16/h2-9H,1H3,(H2,18,22)(H,21,26). The number of nitrogens with one attached hydrogen (secondary N) is 1. The van der Waals surface area contributed by atoms with Crippen molar-refractivity contribution in [3.8, 4) is 22.1 Å². The van der Waals surface area contributed by atoms with Gasteiger partial charge in [0.1, 0.15) is 11.4 Å². The van der Waals surface area contributed by atoms with Gasteiger partial charge in [-0.05, 0) is 33.9 Å². The predicted molar refractivity (Wildman–Crippen MR) is 105 cm³/mol. The molecular weight excluding hydrogens is 396 g/mol. The molecule has 1 amide bonds. The van der Waals surface area contributed by atoms with E-state index in [4.69, 9.17) is 10.5 Å². The van der Waals surface area contributed by atoms with Crippen molar-refractivity contribution >= 4 is 29.3 Å². The minimum Gasteiger partial charge on any atom is -0.496 e. The molecule has 1 aromatic carbocycles. The Morgan fingerprint density at radius 3 is 2.90 bits per heavy atom. The van der Waals surface area contributed by atoms with Gasteiger partial charge in [0.2, 0.25) is 11.6 Å². The summed E-state index contributed by atoms with van der Waals surface area (Å²) in [5.41, 5.74) is 9.36. The minimum absolute atomic E-state index is 0.0221. The molecule has 0 radical (unpaired) electrons. The number of amides is 1. The van der Waals surface area contributed by atoms with Gasteiger partial charge in [0.15, 0.2) is 5.69 Å². The van der Waals surface area contributed by atoms with Gasteiger partial charge in [-0.1, -0.05) is 23.4 Å². The number of nitrogen functional groups attached to an aromatic ring is 1. The third kappa shape index (κ3) is 3.55. The molecule has 3 aromatic heterocycles. The van der Waals surface area contributed by atoms with Gasteiger partial charge in [-0.2, -0.15) is 9.78 Å². The number of hydrogen-bond acceptors (Lipinski definition) is 10. The molecule has 0 fully saturated rings. The molecule has 0 unspecified atom stereocenters. The Kier molecular flexibility index (Phi) is 4.99. The highest BCUT2D eigenvalue weighted by atomic mass is 32.1. The average Bonchev–Trinajstić information content (AvgIpc) is 3.48. The van der Waals surface area contributed by atoms with Crippen LogP contribution in [0.1, 0.15) is 16.1 Å². The molecular formula is C17H14N8O3S. The first-order valence-electron chi connectivity index (χ1n) is 8.23. The van der Waals surface area contributed by atoms with Crippen LogP contribution in [-0.4, -0.2) is 44.5 Å². The smallest absolute Gasteiger partial charge is 0.294 e. The lowest BCUT2D eigenvalue weighted by molar-refractivity contribution is 0.0951. The van der Waals surface area contributed by atoms with Gasteiger partial charge in [0.05, 0.1) is 18.2 Å². The lowest BCUT2D eigenvalue weighted by Crippen LogP contribution is -2.19. The van der Waals surface area contributed by atoms with Gasteiger partial charge in [0, 0.05) is 5.56 Å². The number of ether oxygens (including phenoxy) is 1. The second-order valence-corrected chi connectivity index (χ2v) is 6.54. The van der Waals surface area contributed by atoms with E-state index in [9.17, 15) is 4.79 Å². The Hall–Kier alpha value is -4.06. The number of para-hydroxylation sites is 1. The van der Waals surface area contributed by atoms with Crippen LogP contribution in [0.4, 0.5) is 5.82 Å². The molecule has 0 saturated carbocycles. The van der Waals surface area contributed by atoms with Crippen LogP contribution < -0.4 is 15.9 Å². The van der Waals surface area contributed by atoms with E-state index in [-0.39, 0.29) is 17.3 Å². The molecule has 12 heteroatoms. The van der Waals surface area contributed by atoms with Crippen molar-refractivity contribution < 1.29 is 14.2 Å². The summed E-state index contributed by atoms with van der Waals surface area (Å²) in [4.78, 5) is 13.4. The van der Waals surface area contributed by atoms with Crippen molar-refractivity contribution in [2.24, 2.45) is 5.10 Å². The molecule has 0 aliphatic rings. The van der Waals surface area contributed by atoms with Crippen LogP contribution in [-0.2, 0) is 0 Å². The number of benzene rings is 1. The third-order valence-electron chi connectivity index (χ3n) is 3.84. The molecule has 0 spiro atoms. The highest BCUT2D eigenvalue weighted by Gasteiger charge is 2.25. The summed E-state index contributed by atoms with van der Waals surface area (Å²) in [7, 11) is 1.56. The van der Waals surface area contributed by atoms with Crippen molar-refractivity contribution in [3.05, 3.63) is 53.0 Å². The van der Waals surface area contributed by atoms with Crippen molar-refractivity contribution in [1.29, 1.82) is 0 Å². The molecule has 11 nitrogen and oxygen atoms in total. The Balaban J connectivity index is 1.65. The molecule has 3 heterocycles. The third-order valence-corrected chi connectivity index (χ3v) is 4.72. The second kappa shape index (κ2) is 7.90. The van der Waals surface area contributed by atoms with Gasteiger partial charge in [-0.15, -0.1) is 16.4 Å². The lowest BCUT2D eigenvalue weighted by Gasteiger charge is -2.04. The van der Waals surface area contributed by atoms with Crippen molar-refractivity contribution in [1.82, 2.24) is 30.7 Å². The van der Waals surface area contributed by atoms with E-state index in [1.54, 1.807) is 13.2 Å². The number of nitrogens with two attached hydrogens (primary N) is 1. The summed E-state index contributed by atoms with van der Waals surface area (Å²) in [6.07, 6.45) is 1.48. The maximum atomic E-state index is 12.7. The van der Waals surface area contributed by atoms with Gasteiger partial charge in [-0.25, -0.2) is 10.1 Å². The number of methoxy groups -OCH3 is 1. The number of anilines is 1. The predicted octanol–water partition coefficient (Wildman–Crippen LogP) is 1.73. The zero-order valence-corrected chi connectivity index (χ0v) is 15.8. The quantitative estimate of drug-likeness (QED) is 0.361. The maximum absolute atomic E-state index is 12.7. The number of hydrazone groups is 1. The van der Waals surface area contributed by atoms with Crippen LogP contribution in [0.5, 0.6) is 5.75 Å². The zero-order valence-electron chi connectivity index (χ0n) is 15.0. The molecule has 4 rings (SSSR count). The molecule has 29 heavy (non-hydrogen) atoms. The molecule has 0 saturated heterocycles. The van der Waals surface area contributed by atoms with Crippen molar-refractivity contribution in [2.45, 2.75) is 0 Å². The second-order valence-electron chi connectivity index (χ2n) is 5.59. The lowest BCUT2D eigenvalue weighted by atomic mass is 10.2. The first-order chi connectivity index (χ1) is 14.2. The van der Waals surface area contributed by atoms with Gasteiger partial charge in [-0.3, -0.25) is 4.79 Å². The fourth-order valence-electron chi connectivity index (χ4n) is 2.54. The van der Waals surface area contributed by atoms with Crippen LogP contribution in [0.15, 0.2) is 51.5 Å². The maximum Gasteiger partial charge on any atom is 0.294 e. The number of aromatic nitrogens is 5. The number of rotatable bonds is 6. The Bertz CT molecular complexity index is 1170. The SMILES string of the molecule is COc1ccccc1C=NNC(=O)c1nnn(-c2nonc2N)c1-c1cccs1. The van der Waals surface area contributed by atoms with Crippen molar-refractivity contribution in [3.63, 3.8) is 0 Å². The highest BCUT2D eigenvalue weighted by Crippen LogP contribution is 2.29. The van der Waals surface area contributed by atoms with Crippen molar-refractivity contribution in [2.75, 3.05) is 12.8 Å². The Labute approximate surface area is 167 Å². The largest absolute Gasteiger partial charge is 0.496 e. The minimum atomic E-state index is -0.555. The van der Waals surface area contributed by atoms with Gasteiger partial charge < -0.3 is 10.5 Å². The summed E-state index contributed by atoms with van der Waals surface area (Å²) in [5.74, 6) is 0.233. The molecule has 0 atom stereocenters. The van der Waals surface area contributed by atoms with Crippen LogP contribution in [0, 0.1) is 0 Å². The van der Waals surface area contributed by atoms with E-state index in [0.717, 1.165) is 4.88 Å². The average molecular weight is 410 g/mol. The van der Waals surface area contributed by atoms with E-state index in [1.807, 2.05) is 35.7 Å². The van der Waals surface area contributed by atoms with Gasteiger partial charge >= 0.3 is 0 Å². The number of thiophene rings is 1. The molecule has 0 aliphatic heterocycles. The van der Waals surface area contributed by atoms with Crippen LogP contribution in [0.25, 0.3) is 16.4 Å². The summed E-state index contributed by atoms with van der Waals surface area (Å²) < 4.78 is 11.2. The van der Waals surface area contributed by atoms with E-state index in [1.165, 1.54) is 22.2 Å². The highest BCUT2D eigenvalue weighted by molar-refractivity contribution is 7.13. The summed E-state index contributed by atoms with van der Waals surface area (Å²) in [6.45, 7) is 0. The molecule has 0 bridgehead atoms. The summed E-state index contributed by atoms with van der Waals surface area (Å²) in [5, 5.41) is 21.1. The fourth-order valence-corrected chi connectivity index (χ4v) is 3.30.